The van der Waals surface area contributed by atoms with Gasteiger partial charge in [-0.1, -0.05) is 13.0 Å². The highest BCUT2D eigenvalue weighted by atomic mass is 32.2. The molecule has 1 aromatic carbocycles. The van der Waals surface area contributed by atoms with Crippen molar-refractivity contribution < 1.29 is 14.9 Å². The Morgan fingerprint density at radius 1 is 1.44 bits per heavy atom. The van der Waals surface area contributed by atoms with Gasteiger partial charge in [-0.25, -0.2) is 0 Å². The predicted octanol–water partition coefficient (Wildman–Crippen LogP) is 1.51. The molecule has 0 aromatic heterocycles. The van der Waals surface area contributed by atoms with E-state index in [2.05, 4.69) is 0 Å². The number of aliphatic hydroxyl groups excluding tert-OH is 2. The van der Waals surface area contributed by atoms with Gasteiger partial charge in [-0.05, 0) is 18.6 Å². The van der Waals surface area contributed by atoms with Crippen molar-refractivity contribution in [1.29, 1.82) is 0 Å². The van der Waals surface area contributed by atoms with Crippen molar-refractivity contribution in [2.24, 2.45) is 0 Å². The molecule has 0 aliphatic carbocycles. The van der Waals surface area contributed by atoms with E-state index in [0.717, 1.165) is 6.42 Å². The molecular formula is C13H21NO3S. The third-order valence-corrected chi connectivity index (χ3v) is 3.79. The zero-order chi connectivity index (χ0) is 13.4. The number of hydrogen-bond donors (Lipinski definition) is 3. The zero-order valence-electron chi connectivity index (χ0n) is 10.6. The first-order valence-corrected chi connectivity index (χ1v) is 7.05. The van der Waals surface area contributed by atoms with Crippen LogP contribution in [0.25, 0.3) is 0 Å². The highest BCUT2D eigenvalue weighted by molar-refractivity contribution is 7.99. The van der Waals surface area contributed by atoms with Crippen LogP contribution in [0.15, 0.2) is 24.3 Å². The second-order valence-electron chi connectivity index (χ2n) is 4.19. The maximum Gasteiger partial charge on any atom is 0.121 e. The average Bonchev–Trinajstić information content (AvgIpc) is 2.34. The molecule has 0 fully saturated rings. The van der Waals surface area contributed by atoms with Crippen LogP contribution in [0.5, 0.6) is 5.75 Å². The molecule has 0 aliphatic rings. The van der Waals surface area contributed by atoms with Gasteiger partial charge in [0.05, 0.1) is 6.10 Å². The summed E-state index contributed by atoms with van der Waals surface area (Å²) < 4.78 is 5.45. The van der Waals surface area contributed by atoms with Crippen molar-refractivity contribution in [2.45, 2.75) is 24.7 Å². The molecule has 102 valence electrons. The van der Waals surface area contributed by atoms with E-state index in [1.165, 1.54) is 0 Å². The lowest BCUT2D eigenvalue weighted by atomic mass is 10.3. The quantitative estimate of drug-likeness (QED) is 0.625. The molecule has 5 heteroatoms. The molecule has 0 saturated heterocycles. The van der Waals surface area contributed by atoms with Crippen LogP contribution in [0, 0.1) is 0 Å². The van der Waals surface area contributed by atoms with E-state index in [0.29, 0.717) is 22.4 Å². The van der Waals surface area contributed by atoms with Crippen molar-refractivity contribution >= 4 is 17.4 Å². The summed E-state index contributed by atoms with van der Waals surface area (Å²) in [6.45, 7) is 2.47. The number of anilines is 1. The zero-order valence-corrected chi connectivity index (χ0v) is 11.4. The van der Waals surface area contributed by atoms with Gasteiger partial charge in [0.1, 0.15) is 12.4 Å². The monoisotopic (exact) mass is 271 g/mol. The van der Waals surface area contributed by atoms with E-state index in [-0.39, 0.29) is 13.2 Å². The fourth-order valence-electron chi connectivity index (χ4n) is 1.39. The molecule has 1 aromatic rings. The van der Waals surface area contributed by atoms with Gasteiger partial charge in [0.2, 0.25) is 0 Å². The number of thioether (sulfide) groups is 1. The topological polar surface area (TPSA) is 75.7 Å². The Balaban J connectivity index is 2.22. The van der Waals surface area contributed by atoms with Crippen LogP contribution in [0.1, 0.15) is 13.3 Å². The van der Waals surface area contributed by atoms with Crippen molar-refractivity contribution in [1.82, 2.24) is 0 Å². The lowest BCUT2D eigenvalue weighted by molar-refractivity contribution is 0.126. The summed E-state index contributed by atoms with van der Waals surface area (Å²) in [7, 11) is 0. The van der Waals surface area contributed by atoms with Gasteiger partial charge in [0.15, 0.2) is 0 Å². The Kier molecular flexibility index (Phi) is 6.93. The number of aliphatic hydroxyl groups is 2. The van der Waals surface area contributed by atoms with Crippen molar-refractivity contribution in [3.05, 3.63) is 24.3 Å². The highest BCUT2D eigenvalue weighted by Crippen LogP contribution is 2.17. The number of nitrogen functional groups attached to an aromatic ring is 1. The molecule has 1 rings (SSSR count). The fraction of sp³-hybridized carbons (Fsp3) is 0.538. The van der Waals surface area contributed by atoms with Gasteiger partial charge in [-0.15, -0.1) is 0 Å². The van der Waals surface area contributed by atoms with Gasteiger partial charge in [-0.2, -0.15) is 11.8 Å². The smallest absolute Gasteiger partial charge is 0.121 e. The minimum absolute atomic E-state index is 0.185. The maximum atomic E-state index is 9.76. The van der Waals surface area contributed by atoms with E-state index in [1.807, 2.05) is 19.1 Å². The summed E-state index contributed by atoms with van der Waals surface area (Å²) >= 11 is 1.63. The first-order valence-electron chi connectivity index (χ1n) is 6.00. The van der Waals surface area contributed by atoms with Gasteiger partial charge in [0.25, 0.3) is 0 Å². The van der Waals surface area contributed by atoms with Crippen molar-refractivity contribution in [3.8, 4) is 5.75 Å². The van der Waals surface area contributed by atoms with Crippen LogP contribution in [0.2, 0.25) is 0 Å². The van der Waals surface area contributed by atoms with E-state index >= 15 is 0 Å². The lowest BCUT2D eigenvalue weighted by Gasteiger charge is -2.15. The maximum absolute atomic E-state index is 9.76. The normalized spacial score (nSPS) is 14.2. The van der Waals surface area contributed by atoms with Crippen molar-refractivity contribution in [2.75, 3.05) is 24.7 Å². The number of benzene rings is 1. The Morgan fingerprint density at radius 3 is 2.89 bits per heavy atom. The van der Waals surface area contributed by atoms with Gasteiger partial charge >= 0.3 is 0 Å². The van der Waals surface area contributed by atoms with Gasteiger partial charge in [0, 0.05) is 29.4 Å². The third kappa shape index (κ3) is 6.14. The molecule has 0 amide bonds. The minimum Gasteiger partial charge on any atom is -0.491 e. The number of rotatable bonds is 8. The van der Waals surface area contributed by atoms with Crippen LogP contribution in [0.4, 0.5) is 5.69 Å². The third-order valence-electron chi connectivity index (χ3n) is 2.41. The van der Waals surface area contributed by atoms with Crippen LogP contribution < -0.4 is 10.5 Å². The predicted molar refractivity (Wildman–Crippen MR) is 76.0 cm³/mol. The standard InChI is InChI=1S/C13H21NO3S/c1-10(5-6-15)18-9-12(16)8-17-13-4-2-3-11(14)7-13/h2-4,7,10,12,15-16H,5-6,8-9,14H2,1H3. The molecule has 0 radical (unpaired) electrons. The summed E-state index contributed by atoms with van der Waals surface area (Å²) in [6.07, 6.45) is 0.227. The number of ether oxygens (including phenoxy) is 1. The second kappa shape index (κ2) is 8.24. The molecule has 4 N–H and O–H groups in total. The molecular weight excluding hydrogens is 250 g/mol. The summed E-state index contributed by atoms with van der Waals surface area (Å²) in [6, 6.07) is 7.14. The molecule has 18 heavy (non-hydrogen) atoms. The largest absolute Gasteiger partial charge is 0.491 e. The highest BCUT2D eigenvalue weighted by Gasteiger charge is 2.09. The van der Waals surface area contributed by atoms with E-state index in [9.17, 15) is 5.11 Å². The summed E-state index contributed by atoms with van der Waals surface area (Å²) in [5.74, 6) is 1.27. The van der Waals surface area contributed by atoms with Gasteiger partial charge in [-0.3, -0.25) is 0 Å². The summed E-state index contributed by atoms with van der Waals surface area (Å²) in [5.41, 5.74) is 6.27. The van der Waals surface area contributed by atoms with Gasteiger partial charge < -0.3 is 20.7 Å². The molecule has 0 bridgehead atoms. The molecule has 4 nitrogen and oxygen atoms in total. The Labute approximate surface area is 112 Å². The second-order valence-corrected chi connectivity index (χ2v) is 5.66. The molecule has 0 spiro atoms. The van der Waals surface area contributed by atoms with Crippen LogP contribution in [-0.4, -0.2) is 40.5 Å². The van der Waals surface area contributed by atoms with E-state index in [1.54, 1.807) is 23.9 Å². The average molecular weight is 271 g/mol. The number of nitrogens with two attached hydrogens (primary N) is 1. The Bertz CT molecular complexity index is 349. The molecule has 0 aliphatic heterocycles. The molecule has 0 saturated carbocycles. The molecule has 2 atom stereocenters. The van der Waals surface area contributed by atoms with E-state index < -0.39 is 6.10 Å². The van der Waals surface area contributed by atoms with Crippen LogP contribution in [0.3, 0.4) is 0 Å². The lowest BCUT2D eigenvalue weighted by Crippen LogP contribution is -2.21. The van der Waals surface area contributed by atoms with Crippen LogP contribution in [-0.2, 0) is 0 Å². The Morgan fingerprint density at radius 2 is 2.22 bits per heavy atom. The van der Waals surface area contributed by atoms with Crippen LogP contribution >= 0.6 is 11.8 Å². The number of hydrogen-bond acceptors (Lipinski definition) is 5. The first kappa shape index (κ1) is 15.1. The van der Waals surface area contributed by atoms with E-state index in [4.69, 9.17) is 15.6 Å². The summed E-state index contributed by atoms with van der Waals surface area (Å²) in [4.78, 5) is 0. The molecule has 0 heterocycles. The van der Waals surface area contributed by atoms with Crippen molar-refractivity contribution in [3.63, 3.8) is 0 Å². The minimum atomic E-state index is -0.516. The molecule has 2 unspecified atom stereocenters. The fourth-order valence-corrected chi connectivity index (χ4v) is 2.30. The first-order chi connectivity index (χ1) is 8.61. The SMILES string of the molecule is CC(CCO)SCC(O)COc1cccc(N)c1. The summed E-state index contributed by atoms with van der Waals surface area (Å²) in [5, 5.41) is 18.9. The Hall–Kier alpha value is -0.910.